The molecule has 0 aliphatic heterocycles. The highest BCUT2D eigenvalue weighted by Crippen LogP contribution is 2.04. The summed E-state index contributed by atoms with van der Waals surface area (Å²) in [5, 5.41) is 5.54. The highest BCUT2D eigenvalue weighted by atomic mass is 32.1. The molecule has 0 unspecified atom stereocenters. The maximum atomic E-state index is 5.69. The summed E-state index contributed by atoms with van der Waals surface area (Å²) in [6.45, 7) is 3.55. The van der Waals surface area contributed by atoms with Gasteiger partial charge in [0.2, 0.25) is 0 Å². The molecular formula is C9H12N4S. The third kappa shape index (κ3) is 2.77. The molecule has 0 saturated heterocycles. The van der Waals surface area contributed by atoms with Crippen molar-refractivity contribution in [3.63, 3.8) is 0 Å². The van der Waals surface area contributed by atoms with Crippen molar-refractivity contribution in [3.05, 3.63) is 36.8 Å². The van der Waals surface area contributed by atoms with Gasteiger partial charge in [0.25, 0.3) is 0 Å². The zero-order chi connectivity index (χ0) is 10.6. The van der Waals surface area contributed by atoms with Crippen LogP contribution in [0.5, 0.6) is 0 Å². The van der Waals surface area contributed by atoms with Gasteiger partial charge in [-0.05, 0) is 12.1 Å². The lowest BCUT2D eigenvalue weighted by atomic mass is 10.3. The number of hydrogen-bond acceptors (Lipinski definition) is 4. The van der Waals surface area contributed by atoms with Crippen molar-refractivity contribution in [2.24, 2.45) is 10.8 Å². The summed E-state index contributed by atoms with van der Waals surface area (Å²) in [6, 6.07) is 3.57. The van der Waals surface area contributed by atoms with E-state index in [4.69, 9.17) is 5.73 Å². The first-order valence-corrected chi connectivity index (χ1v) is 4.43. The summed E-state index contributed by atoms with van der Waals surface area (Å²) in [5.74, 6) is 0.348. The maximum absolute atomic E-state index is 5.69. The van der Waals surface area contributed by atoms with Crippen LogP contribution in [0, 0.1) is 0 Å². The highest BCUT2D eigenvalue weighted by molar-refractivity contribution is 7.80. The van der Waals surface area contributed by atoms with Gasteiger partial charge in [-0.1, -0.05) is 6.58 Å². The molecule has 4 nitrogen and oxygen atoms in total. The molecule has 1 heterocycles. The van der Waals surface area contributed by atoms with Crippen molar-refractivity contribution in [1.82, 2.24) is 9.99 Å². The fourth-order valence-electron chi connectivity index (χ4n) is 0.800. The minimum Gasteiger partial charge on any atom is -0.380 e. The lowest BCUT2D eigenvalue weighted by Crippen LogP contribution is -2.19. The van der Waals surface area contributed by atoms with Gasteiger partial charge in [0.05, 0.1) is 0 Å². The summed E-state index contributed by atoms with van der Waals surface area (Å²) in [4.78, 5) is 4.86. The zero-order valence-corrected chi connectivity index (χ0v) is 8.78. The standard InChI is InChI=1S/C9H12N4S/c1-3-13(2)12-9(10)8-5-4-7(14)6-11-8/h3-6,14H,1H2,2H3,(H2,10,12). The number of thiol groups is 1. The van der Waals surface area contributed by atoms with Gasteiger partial charge in [-0.2, -0.15) is 5.10 Å². The van der Waals surface area contributed by atoms with Crippen LogP contribution in [-0.2, 0) is 0 Å². The van der Waals surface area contributed by atoms with Crippen molar-refractivity contribution < 1.29 is 0 Å². The summed E-state index contributed by atoms with van der Waals surface area (Å²) < 4.78 is 0. The Hall–Kier alpha value is -1.49. The number of pyridine rings is 1. The van der Waals surface area contributed by atoms with Crippen LogP contribution < -0.4 is 5.73 Å². The van der Waals surface area contributed by atoms with Crippen molar-refractivity contribution in [3.8, 4) is 0 Å². The first-order valence-electron chi connectivity index (χ1n) is 3.98. The molecule has 0 aliphatic rings. The SMILES string of the molecule is C=CN(C)/N=C(\N)c1ccc(S)cn1. The van der Waals surface area contributed by atoms with Crippen molar-refractivity contribution in [2.75, 3.05) is 7.05 Å². The predicted molar refractivity (Wildman–Crippen MR) is 60.2 cm³/mol. The van der Waals surface area contributed by atoms with Gasteiger partial charge in [-0.15, -0.1) is 12.6 Å². The molecule has 0 spiro atoms. The third-order valence-corrected chi connectivity index (χ3v) is 1.80. The second-order valence-corrected chi connectivity index (χ2v) is 3.16. The van der Waals surface area contributed by atoms with Crippen molar-refractivity contribution >= 4 is 18.5 Å². The zero-order valence-electron chi connectivity index (χ0n) is 7.88. The molecule has 0 fully saturated rings. The smallest absolute Gasteiger partial charge is 0.169 e. The van der Waals surface area contributed by atoms with Gasteiger partial charge in [-0.25, -0.2) is 0 Å². The minimum atomic E-state index is 0.348. The van der Waals surface area contributed by atoms with Crippen LogP contribution in [0.4, 0.5) is 0 Å². The number of aromatic nitrogens is 1. The van der Waals surface area contributed by atoms with Gasteiger partial charge in [-0.3, -0.25) is 9.99 Å². The molecule has 0 aromatic carbocycles. The monoisotopic (exact) mass is 208 g/mol. The molecule has 74 valence electrons. The molecule has 0 amide bonds. The maximum Gasteiger partial charge on any atom is 0.169 e. The van der Waals surface area contributed by atoms with E-state index in [1.807, 2.05) is 6.07 Å². The van der Waals surface area contributed by atoms with E-state index in [9.17, 15) is 0 Å². The Morgan fingerprint density at radius 3 is 2.93 bits per heavy atom. The molecule has 0 radical (unpaired) electrons. The van der Waals surface area contributed by atoms with Gasteiger partial charge in [0.1, 0.15) is 5.69 Å². The third-order valence-electron chi connectivity index (χ3n) is 1.54. The molecule has 0 bridgehead atoms. The van der Waals surface area contributed by atoms with E-state index >= 15 is 0 Å². The van der Waals surface area contributed by atoms with Gasteiger partial charge >= 0.3 is 0 Å². The average molecular weight is 208 g/mol. The Balaban J connectivity index is 2.88. The number of nitrogens with two attached hydrogens (primary N) is 1. The molecule has 1 aromatic rings. The first-order chi connectivity index (χ1) is 6.63. The normalized spacial score (nSPS) is 11.1. The summed E-state index contributed by atoms with van der Waals surface area (Å²) in [6.07, 6.45) is 3.18. The summed E-state index contributed by atoms with van der Waals surface area (Å²) >= 11 is 4.12. The molecule has 0 saturated carbocycles. The van der Waals surface area contributed by atoms with E-state index in [1.54, 1.807) is 25.5 Å². The van der Waals surface area contributed by atoms with Gasteiger partial charge in [0.15, 0.2) is 5.84 Å². The van der Waals surface area contributed by atoms with E-state index < -0.39 is 0 Å². The Labute approximate surface area is 88.5 Å². The average Bonchev–Trinajstić information content (AvgIpc) is 2.18. The topological polar surface area (TPSA) is 54.5 Å². The van der Waals surface area contributed by atoms with Crippen LogP contribution in [0.3, 0.4) is 0 Å². The number of hydrogen-bond donors (Lipinski definition) is 2. The second kappa shape index (κ2) is 4.66. The van der Waals surface area contributed by atoms with E-state index in [-0.39, 0.29) is 0 Å². The van der Waals surface area contributed by atoms with Crippen molar-refractivity contribution in [1.29, 1.82) is 0 Å². The van der Waals surface area contributed by atoms with Crippen LogP contribution >= 0.6 is 12.6 Å². The molecule has 0 aliphatic carbocycles. The highest BCUT2D eigenvalue weighted by Gasteiger charge is 1.99. The number of nitrogens with zero attached hydrogens (tertiary/aromatic N) is 3. The molecule has 1 rings (SSSR count). The van der Waals surface area contributed by atoms with Crippen LogP contribution in [0.1, 0.15) is 5.69 Å². The number of amidine groups is 1. The fraction of sp³-hybridized carbons (Fsp3) is 0.111. The summed E-state index contributed by atoms with van der Waals surface area (Å²) in [5.41, 5.74) is 6.32. The Morgan fingerprint density at radius 2 is 2.43 bits per heavy atom. The minimum absolute atomic E-state index is 0.348. The van der Waals surface area contributed by atoms with Crippen molar-refractivity contribution in [2.45, 2.75) is 4.90 Å². The van der Waals surface area contributed by atoms with Crippen LogP contribution in [-0.4, -0.2) is 22.9 Å². The molecule has 5 heteroatoms. The molecule has 14 heavy (non-hydrogen) atoms. The van der Waals surface area contributed by atoms with E-state index in [2.05, 4.69) is 29.3 Å². The fourth-order valence-corrected chi connectivity index (χ4v) is 0.932. The Bertz CT molecular complexity index is 344. The first kappa shape index (κ1) is 10.6. The number of hydrazone groups is 1. The lowest BCUT2D eigenvalue weighted by Gasteiger charge is -2.07. The largest absolute Gasteiger partial charge is 0.380 e. The van der Waals surface area contributed by atoms with Crippen LogP contribution in [0.25, 0.3) is 0 Å². The quantitative estimate of drug-likeness (QED) is 0.338. The Kier molecular flexibility index (Phi) is 3.53. The molecule has 2 N–H and O–H groups in total. The molecule has 0 atom stereocenters. The second-order valence-electron chi connectivity index (χ2n) is 2.64. The van der Waals surface area contributed by atoms with E-state index in [0.717, 1.165) is 4.90 Å². The molecule has 1 aromatic heterocycles. The van der Waals surface area contributed by atoms with Crippen LogP contribution in [0.2, 0.25) is 0 Å². The number of rotatable bonds is 3. The van der Waals surface area contributed by atoms with E-state index in [1.165, 1.54) is 5.01 Å². The Morgan fingerprint density at radius 1 is 1.71 bits per heavy atom. The van der Waals surface area contributed by atoms with Gasteiger partial charge in [0, 0.05) is 24.3 Å². The predicted octanol–water partition coefficient (Wildman–Crippen LogP) is 1.07. The van der Waals surface area contributed by atoms with Gasteiger partial charge < -0.3 is 5.73 Å². The van der Waals surface area contributed by atoms with Crippen LogP contribution in [0.15, 0.2) is 41.1 Å². The summed E-state index contributed by atoms with van der Waals surface area (Å²) in [7, 11) is 1.74. The lowest BCUT2D eigenvalue weighted by molar-refractivity contribution is 0.491. The molecular weight excluding hydrogens is 196 g/mol. The van der Waals surface area contributed by atoms with E-state index in [0.29, 0.717) is 11.5 Å².